The minimum absolute atomic E-state index is 0.130. The first-order valence-corrected chi connectivity index (χ1v) is 11.3. The third kappa shape index (κ3) is 6.68. The Labute approximate surface area is 191 Å². The molecule has 0 spiro atoms. The number of allylic oxidation sites excluding steroid dienone is 2. The molecule has 0 aliphatic heterocycles. The molecular formula is C26H36O6. The zero-order valence-corrected chi connectivity index (χ0v) is 20.4. The summed E-state index contributed by atoms with van der Waals surface area (Å²) in [6, 6.07) is 2.04. The van der Waals surface area contributed by atoms with Gasteiger partial charge in [0.25, 0.3) is 0 Å². The van der Waals surface area contributed by atoms with Gasteiger partial charge >= 0.3 is 17.9 Å². The van der Waals surface area contributed by atoms with Crippen molar-refractivity contribution < 1.29 is 28.6 Å². The smallest absolute Gasteiger partial charge is 0.308 e. The van der Waals surface area contributed by atoms with Crippen molar-refractivity contribution in [3.05, 3.63) is 34.4 Å². The normalized spacial score (nSPS) is 18.2. The van der Waals surface area contributed by atoms with Crippen molar-refractivity contribution in [3.8, 4) is 11.5 Å². The summed E-state index contributed by atoms with van der Waals surface area (Å²) in [5.74, 6) is -0.149. The van der Waals surface area contributed by atoms with Crippen LogP contribution in [0.15, 0.2) is 17.7 Å². The van der Waals surface area contributed by atoms with Crippen LogP contribution in [0.3, 0.4) is 0 Å². The Bertz CT molecular complexity index is 894. The zero-order valence-electron chi connectivity index (χ0n) is 20.4. The number of esters is 3. The van der Waals surface area contributed by atoms with Crippen LogP contribution >= 0.6 is 0 Å². The summed E-state index contributed by atoms with van der Waals surface area (Å²) in [7, 11) is 0. The quantitative estimate of drug-likeness (QED) is 0.288. The van der Waals surface area contributed by atoms with Crippen molar-refractivity contribution in [2.45, 2.75) is 86.0 Å². The molecule has 0 amide bonds. The van der Waals surface area contributed by atoms with E-state index in [1.54, 1.807) is 0 Å². The highest BCUT2D eigenvalue weighted by Crippen LogP contribution is 2.51. The monoisotopic (exact) mass is 444 g/mol. The van der Waals surface area contributed by atoms with Gasteiger partial charge in [0, 0.05) is 32.3 Å². The Hall–Kier alpha value is -2.63. The molecule has 0 saturated carbocycles. The topological polar surface area (TPSA) is 78.9 Å². The van der Waals surface area contributed by atoms with Crippen molar-refractivity contribution in [2.75, 3.05) is 6.61 Å². The molecular weight excluding hydrogens is 408 g/mol. The van der Waals surface area contributed by atoms with Gasteiger partial charge in [-0.15, -0.1) is 0 Å². The first-order chi connectivity index (χ1) is 15.0. The molecule has 1 aromatic carbocycles. The Morgan fingerprint density at radius 1 is 1.00 bits per heavy atom. The van der Waals surface area contributed by atoms with Crippen LogP contribution < -0.4 is 9.47 Å². The number of ether oxygens (including phenoxy) is 3. The van der Waals surface area contributed by atoms with Crippen LogP contribution in [0.4, 0.5) is 0 Å². The van der Waals surface area contributed by atoms with Crippen molar-refractivity contribution in [3.63, 3.8) is 0 Å². The highest BCUT2D eigenvalue weighted by Gasteiger charge is 2.36. The minimum atomic E-state index is -0.462. The van der Waals surface area contributed by atoms with E-state index in [1.807, 2.05) is 13.0 Å². The van der Waals surface area contributed by atoms with Gasteiger partial charge in [-0.05, 0) is 69.4 Å². The fourth-order valence-corrected chi connectivity index (χ4v) is 4.57. The van der Waals surface area contributed by atoms with Gasteiger partial charge in [-0.25, -0.2) is 0 Å². The van der Waals surface area contributed by atoms with E-state index < -0.39 is 11.9 Å². The molecule has 0 bridgehead atoms. The number of rotatable bonds is 8. The summed E-state index contributed by atoms with van der Waals surface area (Å²) >= 11 is 0. The summed E-state index contributed by atoms with van der Waals surface area (Å²) in [5.41, 5.74) is 3.99. The molecule has 6 heteroatoms. The number of hydrogen-bond acceptors (Lipinski definition) is 6. The standard InChI is InChI=1S/C26H36O6/c1-15(2)9-8-10-21(14-30-18(5)27)22-12-11-16(3)24-23(22)13-17(4)25(31-19(6)28)26(24)32-20(7)29/h9,13,16,21-22H,8,10-12,14H2,1-7H3/t16-,21-,22+/m1/s1. The minimum Gasteiger partial charge on any atom is -0.466 e. The molecule has 0 fully saturated rings. The van der Waals surface area contributed by atoms with Gasteiger partial charge in [-0.3, -0.25) is 14.4 Å². The van der Waals surface area contributed by atoms with E-state index >= 15 is 0 Å². The Balaban J connectivity index is 2.58. The molecule has 0 saturated heterocycles. The number of carbonyl (C=O) groups is 3. The van der Waals surface area contributed by atoms with Gasteiger partial charge in [0.15, 0.2) is 11.5 Å². The van der Waals surface area contributed by atoms with Crippen LogP contribution in [0.1, 0.15) is 95.8 Å². The molecule has 1 aromatic rings. The lowest BCUT2D eigenvalue weighted by Crippen LogP contribution is -2.26. The van der Waals surface area contributed by atoms with Crippen LogP contribution in [-0.2, 0) is 19.1 Å². The fourth-order valence-electron chi connectivity index (χ4n) is 4.57. The molecule has 3 atom stereocenters. The summed E-state index contributed by atoms with van der Waals surface area (Å²) in [6.45, 7) is 12.6. The van der Waals surface area contributed by atoms with Gasteiger partial charge in [0.05, 0.1) is 6.61 Å². The van der Waals surface area contributed by atoms with E-state index in [-0.39, 0.29) is 23.7 Å². The van der Waals surface area contributed by atoms with E-state index in [0.29, 0.717) is 18.1 Å². The molecule has 1 aliphatic rings. The predicted octanol–water partition coefficient (Wildman–Crippen LogP) is 5.75. The van der Waals surface area contributed by atoms with Crippen molar-refractivity contribution in [1.29, 1.82) is 0 Å². The molecule has 1 aliphatic carbocycles. The molecule has 0 unspecified atom stereocenters. The molecule has 2 rings (SSSR count). The number of carbonyl (C=O) groups excluding carboxylic acids is 3. The Morgan fingerprint density at radius 2 is 1.62 bits per heavy atom. The number of aryl methyl sites for hydroxylation is 1. The van der Waals surface area contributed by atoms with Crippen LogP contribution in [-0.4, -0.2) is 24.5 Å². The largest absolute Gasteiger partial charge is 0.466 e. The van der Waals surface area contributed by atoms with E-state index in [1.165, 1.54) is 26.3 Å². The van der Waals surface area contributed by atoms with Gasteiger partial charge in [-0.1, -0.05) is 24.6 Å². The Kier molecular flexibility index (Phi) is 9.05. The maximum absolute atomic E-state index is 11.9. The molecule has 6 nitrogen and oxygen atoms in total. The lowest BCUT2D eigenvalue weighted by molar-refractivity contribution is -0.142. The third-order valence-corrected chi connectivity index (χ3v) is 5.95. The van der Waals surface area contributed by atoms with E-state index in [4.69, 9.17) is 14.2 Å². The van der Waals surface area contributed by atoms with E-state index in [2.05, 4.69) is 26.8 Å². The lowest BCUT2D eigenvalue weighted by atomic mass is 9.70. The highest BCUT2D eigenvalue weighted by molar-refractivity contribution is 5.76. The van der Waals surface area contributed by atoms with Gasteiger partial charge in [0.2, 0.25) is 0 Å². The van der Waals surface area contributed by atoms with Crippen molar-refractivity contribution >= 4 is 17.9 Å². The van der Waals surface area contributed by atoms with Crippen molar-refractivity contribution in [2.24, 2.45) is 5.92 Å². The molecule has 0 radical (unpaired) electrons. The summed E-state index contributed by atoms with van der Waals surface area (Å²) < 4.78 is 16.5. The predicted molar refractivity (Wildman–Crippen MR) is 123 cm³/mol. The second-order valence-corrected chi connectivity index (χ2v) is 9.05. The Morgan fingerprint density at radius 3 is 2.19 bits per heavy atom. The van der Waals surface area contributed by atoms with E-state index in [0.717, 1.165) is 42.4 Å². The second kappa shape index (κ2) is 11.3. The van der Waals surface area contributed by atoms with Gasteiger partial charge in [0.1, 0.15) is 0 Å². The summed E-state index contributed by atoms with van der Waals surface area (Å²) in [6.07, 6.45) is 5.82. The SMILES string of the molecule is CC(=O)OC[C@@H](CCC=C(C)C)[C@@H]1CC[C@@H](C)c2c1cc(C)c(OC(C)=O)c2OC(C)=O. The second-order valence-electron chi connectivity index (χ2n) is 9.05. The summed E-state index contributed by atoms with van der Waals surface area (Å²) in [4.78, 5) is 35.2. The molecule has 176 valence electrons. The number of benzene rings is 1. The van der Waals surface area contributed by atoms with Crippen LogP contribution in [0.5, 0.6) is 11.5 Å². The first kappa shape index (κ1) is 25.6. The van der Waals surface area contributed by atoms with Gasteiger partial charge in [-0.2, -0.15) is 0 Å². The average molecular weight is 445 g/mol. The van der Waals surface area contributed by atoms with Gasteiger partial charge < -0.3 is 14.2 Å². The van der Waals surface area contributed by atoms with E-state index in [9.17, 15) is 14.4 Å². The lowest BCUT2D eigenvalue weighted by Gasteiger charge is -2.36. The highest BCUT2D eigenvalue weighted by atomic mass is 16.6. The third-order valence-electron chi connectivity index (χ3n) is 5.95. The van der Waals surface area contributed by atoms with Crippen LogP contribution in [0.2, 0.25) is 0 Å². The van der Waals surface area contributed by atoms with Crippen molar-refractivity contribution in [1.82, 2.24) is 0 Å². The molecule has 0 N–H and O–H groups in total. The fraction of sp³-hybridized carbons (Fsp3) is 0.577. The average Bonchev–Trinajstić information content (AvgIpc) is 2.66. The zero-order chi connectivity index (χ0) is 24.0. The first-order valence-electron chi connectivity index (χ1n) is 11.3. The molecule has 0 aromatic heterocycles. The number of hydrogen-bond donors (Lipinski definition) is 0. The van der Waals surface area contributed by atoms with Crippen LogP contribution in [0, 0.1) is 12.8 Å². The molecule has 0 heterocycles. The maximum atomic E-state index is 11.9. The summed E-state index contributed by atoms with van der Waals surface area (Å²) in [5, 5.41) is 0. The van der Waals surface area contributed by atoms with Crippen LogP contribution in [0.25, 0.3) is 0 Å². The maximum Gasteiger partial charge on any atom is 0.308 e. The molecule has 32 heavy (non-hydrogen) atoms. The number of fused-ring (bicyclic) bond motifs is 1.